The number of aryl methyl sites for hydroxylation is 2. The molecule has 0 unspecified atom stereocenters. The number of nitrogens with one attached hydrogen (secondary N) is 2. The molecular weight excluding hydrogens is 524 g/mol. The molecule has 38 heavy (non-hydrogen) atoms. The maximum atomic E-state index is 12.9. The molecule has 0 saturated heterocycles. The Hall–Kier alpha value is -3.50. The largest absolute Gasteiger partial charge is 0.459 e. The minimum Gasteiger partial charge on any atom is -0.459 e. The fourth-order valence-electron chi connectivity index (χ4n) is 3.59. The van der Waals surface area contributed by atoms with Crippen molar-refractivity contribution in [2.75, 3.05) is 10.6 Å². The van der Waals surface area contributed by atoms with Gasteiger partial charge in [-0.05, 0) is 90.8 Å². The molecule has 2 amide bonds. The Balaban J connectivity index is 1.77. The highest BCUT2D eigenvalue weighted by molar-refractivity contribution is 7.17. The number of hydrogen-bond acceptors (Lipinski definition) is 8. The first kappa shape index (κ1) is 29.1. The van der Waals surface area contributed by atoms with Gasteiger partial charge in [0.15, 0.2) is 0 Å². The highest BCUT2D eigenvalue weighted by Gasteiger charge is 2.25. The second-order valence-electron chi connectivity index (χ2n) is 9.37. The molecule has 2 heterocycles. The van der Waals surface area contributed by atoms with Gasteiger partial charge in [-0.15, -0.1) is 22.7 Å². The van der Waals surface area contributed by atoms with Crippen LogP contribution < -0.4 is 10.6 Å². The van der Waals surface area contributed by atoms with Crippen LogP contribution in [0.2, 0.25) is 0 Å². The molecule has 0 radical (unpaired) electrons. The molecule has 0 bridgehead atoms. The van der Waals surface area contributed by atoms with Gasteiger partial charge in [-0.1, -0.05) is 0 Å². The van der Waals surface area contributed by atoms with Gasteiger partial charge in [-0.3, -0.25) is 9.59 Å². The average Bonchev–Trinajstić information content (AvgIpc) is 3.26. The monoisotopic (exact) mass is 556 g/mol. The minimum atomic E-state index is -0.486. The van der Waals surface area contributed by atoms with Crippen molar-refractivity contribution in [3.8, 4) is 0 Å². The predicted molar refractivity (Wildman–Crippen MR) is 151 cm³/mol. The zero-order valence-corrected chi connectivity index (χ0v) is 24.4. The summed E-state index contributed by atoms with van der Waals surface area (Å²) in [6, 6.07) is 6.12. The van der Waals surface area contributed by atoms with Gasteiger partial charge in [0, 0.05) is 20.9 Å². The zero-order valence-electron chi connectivity index (χ0n) is 22.7. The van der Waals surface area contributed by atoms with E-state index < -0.39 is 23.8 Å². The van der Waals surface area contributed by atoms with Crippen molar-refractivity contribution < 1.29 is 28.7 Å². The number of rotatable bonds is 8. The Kier molecular flexibility index (Phi) is 9.11. The standard InChI is InChI=1S/C28H32N2O6S2/c1-13(2)35-27(33)21-15(5)17(7)37-25(21)29-23(31)19-9-11-20(12-10-19)24(32)30-26-22(16(6)18(8)38-26)28(34)36-14(3)4/h9-14H,1-8H3,(H,29,31)(H,30,32). The summed E-state index contributed by atoms with van der Waals surface area (Å²) in [5.74, 6) is -1.81. The normalized spacial score (nSPS) is 11.0. The predicted octanol–water partition coefficient (Wildman–Crippen LogP) is 6.68. The number of benzene rings is 1. The number of hydrogen-bond donors (Lipinski definition) is 2. The molecule has 1 aromatic carbocycles. The summed E-state index contributed by atoms with van der Waals surface area (Å²) in [7, 11) is 0. The highest BCUT2D eigenvalue weighted by Crippen LogP contribution is 2.35. The van der Waals surface area contributed by atoms with Gasteiger partial charge in [0.1, 0.15) is 10.0 Å². The number of esters is 2. The van der Waals surface area contributed by atoms with Crippen molar-refractivity contribution >= 4 is 56.4 Å². The molecule has 0 aliphatic carbocycles. The Labute approximate surface area is 230 Å². The van der Waals surface area contributed by atoms with Crippen molar-refractivity contribution in [2.24, 2.45) is 0 Å². The third-order valence-corrected chi connectivity index (χ3v) is 7.97. The van der Waals surface area contributed by atoms with E-state index in [4.69, 9.17) is 9.47 Å². The number of carbonyl (C=O) groups is 4. The Bertz CT molecular complexity index is 1280. The van der Waals surface area contributed by atoms with E-state index in [-0.39, 0.29) is 12.2 Å². The molecule has 2 aromatic heterocycles. The minimum absolute atomic E-state index is 0.289. The molecule has 0 spiro atoms. The van der Waals surface area contributed by atoms with Crippen LogP contribution in [-0.4, -0.2) is 36.0 Å². The number of amides is 2. The number of thiophene rings is 2. The summed E-state index contributed by atoms with van der Waals surface area (Å²) in [5, 5.41) is 6.44. The lowest BCUT2D eigenvalue weighted by atomic mass is 10.1. The van der Waals surface area contributed by atoms with Crippen LogP contribution in [0.1, 0.15) is 90.0 Å². The molecule has 10 heteroatoms. The Morgan fingerprint density at radius 1 is 0.632 bits per heavy atom. The van der Waals surface area contributed by atoms with E-state index in [1.807, 2.05) is 27.7 Å². The van der Waals surface area contributed by atoms with Gasteiger partial charge in [0.25, 0.3) is 11.8 Å². The molecular formula is C28H32N2O6S2. The lowest BCUT2D eigenvalue weighted by molar-refractivity contribution is 0.0367. The summed E-state index contributed by atoms with van der Waals surface area (Å²) in [5.41, 5.74) is 2.85. The van der Waals surface area contributed by atoms with Crippen LogP contribution >= 0.6 is 22.7 Å². The van der Waals surface area contributed by atoms with E-state index in [1.165, 1.54) is 46.9 Å². The van der Waals surface area contributed by atoms with Crippen LogP contribution in [0.5, 0.6) is 0 Å². The number of carbonyl (C=O) groups excluding carboxylic acids is 4. The number of ether oxygens (including phenoxy) is 2. The molecule has 3 rings (SSSR count). The molecule has 0 atom stereocenters. The van der Waals surface area contributed by atoms with E-state index in [1.54, 1.807) is 27.7 Å². The van der Waals surface area contributed by atoms with Crippen LogP contribution in [0.4, 0.5) is 10.0 Å². The van der Waals surface area contributed by atoms with Crippen LogP contribution in [-0.2, 0) is 9.47 Å². The lowest BCUT2D eigenvalue weighted by Gasteiger charge is -2.11. The van der Waals surface area contributed by atoms with Crippen molar-refractivity contribution in [3.05, 3.63) is 67.4 Å². The van der Waals surface area contributed by atoms with Crippen LogP contribution in [0.3, 0.4) is 0 Å². The van der Waals surface area contributed by atoms with Crippen molar-refractivity contribution in [1.82, 2.24) is 0 Å². The first-order valence-electron chi connectivity index (χ1n) is 12.1. The molecule has 0 fully saturated rings. The fraction of sp³-hybridized carbons (Fsp3) is 0.357. The molecule has 0 aliphatic heterocycles. The lowest BCUT2D eigenvalue weighted by Crippen LogP contribution is -2.18. The van der Waals surface area contributed by atoms with E-state index in [0.717, 1.165) is 20.9 Å². The molecule has 2 N–H and O–H groups in total. The van der Waals surface area contributed by atoms with E-state index in [0.29, 0.717) is 32.3 Å². The van der Waals surface area contributed by atoms with E-state index >= 15 is 0 Å². The van der Waals surface area contributed by atoms with Gasteiger partial charge >= 0.3 is 11.9 Å². The average molecular weight is 557 g/mol. The SMILES string of the molecule is Cc1sc(NC(=O)c2ccc(C(=O)Nc3sc(C)c(C)c3C(=O)OC(C)C)cc2)c(C(=O)OC(C)C)c1C. The molecule has 8 nitrogen and oxygen atoms in total. The molecule has 3 aromatic rings. The summed E-state index contributed by atoms with van der Waals surface area (Å²) in [6.45, 7) is 14.4. The van der Waals surface area contributed by atoms with Crippen molar-refractivity contribution in [2.45, 2.75) is 67.6 Å². The van der Waals surface area contributed by atoms with Gasteiger partial charge in [0.05, 0.1) is 23.3 Å². The topological polar surface area (TPSA) is 111 Å². The van der Waals surface area contributed by atoms with Gasteiger partial charge in [0.2, 0.25) is 0 Å². The van der Waals surface area contributed by atoms with Crippen molar-refractivity contribution in [1.29, 1.82) is 0 Å². The van der Waals surface area contributed by atoms with Gasteiger partial charge in [-0.25, -0.2) is 9.59 Å². The molecule has 0 saturated carbocycles. The first-order valence-corrected chi connectivity index (χ1v) is 13.8. The fourth-order valence-corrected chi connectivity index (χ4v) is 5.68. The van der Waals surface area contributed by atoms with Crippen LogP contribution in [0.15, 0.2) is 24.3 Å². The van der Waals surface area contributed by atoms with Crippen LogP contribution in [0.25, 0.3) is 0 Å². The summed E-state index contributed by atoms with van der Waals surface area (Å²) >= 11 is 2.61. The maximum Gasteiger partial charge on any atom is 0.341 e. The third kappa shape index (κ3) is 6.49. The second kappa shape index (κ2) is 11.9. The quantitative estimate of drug-likeness (QED) is 0.300. The molecule has 0 aliphatic rings. The second-order valence-corrected chi connectivity index (χ2v) is 11.8. The third-order valence-electron chi connectivity index (χ3n) is 5.73. The Morgan fingerprint density at radius 2 is 0.947 bits per heavy atom. The number of anilines is 2. The van der Waals surface area contributed by atoms with Gasteiger partial charge in [-0.2, -0.15) is 0 Å². The van der Waals surface area contributed by atoms with E-state index in [2.05, 4.69) is 10.6 Å². The smallest absolute Gasteiger partial charge is 0.341 e. The van der Waals surface area contributed by atoms with Crippen molar-refractivity contribution in [3.63, 3.8) is 0 Å². The zero-order chi connectivity index (χ0) is 28.3. The summed E-state index contributed by atoms with van der Waals surface area (Å²) in [6.07, 6.45) is -0.577. The maximum absolute atomic E-state index is 12.9. The molecule has 202 valence electrons. The Morgan fingerprint density at radius 3 is 1.24 bits per heavy atom. The van der Waals surface area contributed by atoms with E-state index in [9.17, 15) is 19.2 Å². The highest BCUT2D eigenvalue weighted by atomic mass is 32.1. The van der Waals surface area contributed by atoms with Crippen LogP contribution in [0, 0.1) is 27.7 Å². The van der Waals surface area contributed by atoms with Gasteiger partial charge < -0.3 is 20.1 Å². The summed E-state index contributed by atoms with van der Waals surface area (Å²) in [4.78, 5) is 52.9. The summed E-state index contributed by atoms with van der Waals surface area (Å²) < 4.78 is 10.7. The first-order chi connectivity index (χ1) is 17.8.